The first-order valence-corrected chi connectivity index (χ1v) is 7.20. The van der Waals surface area contributed by atoms with Gasteiger partial charge in [-0.25, -0.2) is 0 Å². The van der Waals surface area contributed by atoms with Crippen molar-refractivity contribution in [1.29, 1.82) is 0 Å². The van der Waals surface area contributed by atoms with Gasteiger partial charge in [-0.15, -0.1) is 0 Å². The third-order valence-corrected chi connectivity index (χ3v) is 3.43. The van der Waals surface area contributed by atoms with Crippen LogP contribution in [0, 0.1) is 0 Å². The molecule has 100 valence electrons. The summed E-state index contributed by atoms with van der Waals surface area (Å²) in [6, 6.07) is 9.95. The smallest absolute Gasteiger partial charge is 0.161 e. The van der Waals surface area contributed by atoms with E-state index in [0.717, 1.165) is 23.2 Å². The number of hydrogen-bond donors (Lipinski definition) is 0. The third kappa shape index (κ3) is 3.96. The molecule has 0 radical (unpaired) electrons. The summed E-state index contributed by atoms with van der Waals surface area (Å²) in [5.41, 5.74) is 2.38. The maximum Gasteiger partial charge on any atom is 0.161 e. The fourth-order valence-electron chi connectivity index (χ4n) is 1.74. The lowest BCUT2D eigenvalue weighted by Gasteiger charge is -2.11. The molecule has 0 bridgehead atoms. The van der Waals surface area contributed by atoms with Crippen LogP contribution in [0.5, 0.6) is 11.5 Å². The number of benzene rings is 1. The van der Waals surface area contributed by atoms with Crippen LogP contribution in [0.25, 0.3) is 0 Å². The lowest BCUT2D eigenvalue weighted by Crippen LogP contribution is -2.03. The van der Waals surface area contributed by atoms with Gasteiger partial charge < -0.3 is 9.47 Å². The molecule has 3 nitrogen and oxygen atoms in total. The Labute approximate surface area is 121 Å². The van der Waals surface area contributed by atoms with Crippen molar-refractivity contribution in [3.05, 3.63) is 53.9 Å². The summed E-state index contributed by atoms with van der Waals surface area (Å²) in [5, 5.41) is 0.806. The molecule has 1 aromatic carbocycles. The molecule has 0 atom stereocenters. The Bertz CT molecular complexity index is 517. The van der Waals surface area contributed by atoms with E-state index in [1.807, 2.05) is 30.3 Å². The predicted molar refractivity (Wildman–Crippen MR) is 79.1 cm³/mol. The van der Waals surface area contributed by atoms with E-state index >= 15 is 0 Å². The van der Waals surface area contributed by atoms with Crippen molar-refractivity contribution in [3.63, 3.8) is 0 Å². The number of hydrogen-bond acceptors (Lipinski definition) is 3. The van der Waals surface area contributed by atoms with Gasteiger partial charge in [0.1, 0.15) is 0 Å². The molecule has 2 rings (SSSR count). The topological polar surface area (TPSA) is 31.4 Å². The minimum atomic E-state index is 0.619. The summed E-state index contributed by atoms with van der Waals surface area (Å²) < 4.78 is 11.1. The van der Waals surface area contributed by atoms with Crippen LogP contribution in [-0.4, -0.2) is 18.7 Å². The molecule has 0 amide bonds. The molecule has 0 fully saturated rings. The van der Waals surface area contributed by atoms with E-state index in [2.05, 4.69) is 20.9 Å². The van der Waals surface area contributed by atoms with E-state index < -0.39 is 0 Å². The van der Waals surface area contributed by atoms with Gasteiger partial charge in [0, 0.05) is 24.1 Å². The molecule has 0 N–H and O–H groups in total. The molecule has 2 aromatic rings. The van der Waals surface area contributed by atoms with Crippen molar-refractivity contribution >= 4 is 15.9 Å². The summed E-state index contributed by atoms with van der Waals surface area (Å²) >= 11 is 3.43. The second kappa shape index (κ2) is 7.14. The number of halogens is 1. The van der Waals surface area contributed by atoms with Gasteiger partial charge in [-0.1, -0.05) is 22.0 Å². The van der Waals surface area contributed by atoms with Crippen LogP contribution in [-0.2, 0) is 11.8 Å². The van der Waals surface area contributed by atoms with E-state index in [9.17, 15) is 0 Å². The highest BCUT2D eigenvalue weighted by Crippen LogP contribution is 2.28. The first-order chi connectivity index (χ1) is 9.33. The van der Waals surface area contributed by atoms with E-state index in [-0.39, 0.29) is 0 Å². The van der Waals surface area contributed by atoms with Crippen LogP contribution >= 0.6 is 15.9 Å². The standard InChI is InChI=1S/C15H16BrNO2/c1-18-15-10-13(11-16)2-3-14(15)19-9-6-12-4-7-17-8-5-12/h2-5,7-8,10H,6,9,11H2,1H3. The molecule has 0 saturated carbocycles. The monoisotopic (exact) mass is 321 g/mol. The molecule has 0 aliphatic carbocycles. The number of rotatable bonds is 6. The van der Waals surface area contributed by atoms with Crippen LogP contribution in [0.1, 0.15) is 11.1 Å². The van der Waals surface area contributed by atoms with E-state index in [0.29, 0.717) is 6.61 Å². The normalized spacial score (nSPS) is 10.2. The second-order valence-corrected chi connectivity index (χ2v) is 4.63. The average molecular weight is 322 g/mol. The molecule has 19 heavy (non-hydrogen) atoms. The third-order valence-electron chi connectivity index (χ3n) is 2.78. The number of ether oxygens (including phenoxy) is 2. The highest BCUT2D eigenvalue weighted by Gasteiger charge is 2.05. The molecular formula is C15H16BrNO2. The molecule has 0 spiro atoms. The molecule has 1 heterocycles. The van der Waals surface area contributed by atoms with Crippen LogP contribution in [0.4, 0.5) is 0 Å². The fourth-order valence-corrected chi connectivity index (χ4v) is 2.09. The number of alkyl halides is 1. The van der Waals surface area contributed by atoms with Gasteiger partial charge in [-0.3, -0.25) is 4.98 Å². The Balaban J connectivity index is 1.96. The summed E-state index contributed by atoms with van der Waals surface area (Å²) in [7, 11) is 1.66. The van der Waals surface area contributed by atoms with Gasteiger partial charge in [-0.05, 0) is 35.4 Å². The van der Waals surface area contributed by atoms with Crippen LogP contribution < -0.4 is 9.47 Å². The zero-order chi connectivity index (χ0) is 13.5. The maximum atomic E-state index is 5.77. The van der Waals surface area contributed by atoms with Crippen LogP contribution in [0.3, 0.4) is 0 Å². The largest absolute Gasteiger partial charge is 0.493 e. The Hall–Kier alpha value is -1.55. The maximum absolute atomic E-state index is 5.77. The molecule has 0 unspecified atom stereocenters. The second-order valence-electron chi connectivity index (χ2n) is 4.07. The van der Waals surface area contributed by atoms with Crippen molar-refractivity contribution in [2.45, 2.75) is 11.8 Å². The first kappa shape index (κ1) is 13.9. The Kier molecular flexibility index (Phi) is 5.21. The summed E-state index contributed by atoms with van der Waals surface area (Å²) in [5.74, 6) is 1.55. The molecule has 1 aromatic heterocycles. The fraction of sp³-hybridized carbons (Fsp3) is 0.267. The number of pyridine rings is 1. The molecular weight excluding hydrogens is 306 g/mol. The summed E-state index contributed by atoms with van der Waals surface area (Å²) in [4.78, 5) is 3.99. The average Bonchev–Trinajstić information content (AvgIpc) is 2.48. The van der Waals surface area contributed by atoms with Gasteiger partial charge in [0.05, 0.1) is 13.7 Å². The molecule has 4 heteroatoms. The zero-order valence-electron chi connectivity index (χ0n) is 10.8. The first-order valence-electron chi connectivity index (χ1n) is 6.08. The minimum Gasteiger partial charge on any atom is -0.493 e. The lowest BCUT2D eigenvalue weighted by molar-refractivity contribution is 0.297. The Morgan fingerprint density at radius 1 is 1.05 bits per heavy atom. The summed E-state index contributed by atoms with van der Waals surface area (Å²) in [6.07, 6.45) is 4.44. The van der Waals surface area contributed by atoms with Crippen molar-refractivity contribution in [3.8, 4) is 11.5 Å². The van der Waals surface area contributed by atoms with E-state index in [4.69, 9.17) is 9.47 Å². The molecule has 0 aliphatic heterocycles. The van der Waals surface area contributed by atoms with Gasteiger partial charge in [-0.2, -0.15) is 0 Å². The molecule has 0 saturated heterocycles. The van der Waals surface area contributed by atoms with Gasteiger partial charge >= 0.3 is 0 Å². The quantitative estimate of drug-likeness (QED) is 0.762. The summed E-state index contributed by atoms with van der Waals surface area (Å²) in [6.45, 7) is 0.619. The number of aromatic nitrogens is 1. The SMILES string of the molecule is COc1cc(CBr)ccc1OCCc1ccncc1. The van der Waals surface area contributed by atoms with Gasteiger partial charge in [0.2, 0.25) is 0 Å². The number of methoxy groups -OCH3 is 1. The van der Waals surface area contributed by atoms with Gasteiger partial charge in [0.15, 0.2) is 11.5 Å². The van der Waals surface area contributed by atoms with Crippen molar-refractivity contribution < 1.29 is 9.47 Å². The van der Waals surface area contributed by atoms with E-state index in [1.165, 1.54) is 11.1 Å². The lowest BCUT2D eigenvalue weighted by atomic mass is 10.2. The minimum absolute atomic E-state index is 0.619. The van der Waals surface area contributed by atoms with Gasteiger partial charge in [0.25, 0.3) is 0 Å². The number of nitrogens with zero attached hydrogens (tertiary/aromatic N) is 1. The van der Waals surface area contributed by atoms with Crippen molar-refractivity contribution in [1.82, 2.24) is 4.98 Å². The van der Waals surface area contributed by atoms with Crippen LogP contribution in [0.15, 0.2) is 42.7 Å². The van der Waals surface area contributed by atoms with Crippen LogP contribution in [0.2, 0.25) is 0 Å². The highest BCUT2D eigenvalue weighted by molar-refractivity contribution is 9.08. The molecule has 0 aliphatic rings. The zero-order valence-corrected chi connectivity index (χ0v) is 12.4. The Morgan fingerprint density at radius 2 is 1.84 bits per heavy atom. The predicted octanol–water partition coefficient (Wildman–Crippen LogP) is 3.61. The Morgan fingerprint density at radius 3 is 2.53 bits per heavy atom. The van der Waals surface area contributed by atoms with Crippen molar-refractivity contribution in [2.24, 2.45) is 0 Å². The van der Waals surface area contributed by atoms with Crippen molar-refractivity contribution in [2.75, 3.05) is 13.7 Å². The highest BCUT2D eigenvalue weighted by atomic mass is 79.9. The van der Waals surface area contributed by atoms with E-state index in [1.54, 1.807) is 19.5 Å².